The molecule has 0 saturated carbocycles. The molecule has 26 heavy (non-hydrogen) atoms. The fourth-order valence-electron chi connectivity index (χ4n) is 2.65. The molecule has 0 aromatic heterocycles. The van der Waals surface area contributed by atoms with Gasteiger partial charge in [0.2, 0.25) is 11.8 Å². The Morgan fingerprint density at radius 1 is 1.12 bits per heavy atom. The predicted molar refractivity (Wildman–Crippen MR) is 95.2 cm³/mol. The van der Waals surface area contributed by atoms with Gasteiger partial charge in [-0.3, -0.25) is 19.2 Å². The van der Waals surface area contributed by atoms with E-state index in [0.29, 0.717) is 24.9 Å². The normalized spacial score (nSPS) is 16.2. The molecule has 2 rings (SSSR count). The lowest BCUT2D eigenvalue weighted by atomic mass is 10.2. The Kier molecular flexibility index (Phi) is 7.26. The number of alkyl halides is 1. The van der Waals surface area contributed by atoms with Crippen LogP contribution in [0.15, 0.2) is 28.7 Å². The van der Waals surface area contributed by atoms with Crippen molar-refractivity contribution in [2.45, 2.75) is 18.9 Å². The average Bonchev–Trinajstić information content (AvgIpc) is 3.14. The molecule has 1 aliphatic heterocycles. The van der Waals surface area contributed by atoms with Gasteiger partial charge in [-0.15, -0.1) is 0 Å². The summed E-state index contributed by atoms with van der Waals surface area (Å²) in [4.78, 5) is 48.8. The largest absolute Gasteiger partial charge is 0.347 e. The minimum atomic E-state index is -1.14. The molecular weight excluding hydrogens is 409 g/mol. The quantitative estimate of drug-likeness (QED) is 0.673. The van der Waals surface area contributed by atoms with Crippen molar-refractivity contribution in [3.05, 3.63) is 34.3 Å². The molecule has 3 amide bonds. The van der Waals surface area contributed by atoms with E-state index in [4.69, 9.17) is 0 Å². The zero-order valence-corrected chi connectivity index (χ0v) is 15.6. The highest BCUT2D eigenvalue weighted by molar-refractivity contribution is 9.10. The summed E-state index contributed by atoms with van der Waals surface area (Å²) in [6.07, 6.45) is 1.10. The van der Waals surface area contributed by atoms with Crippen LogP contribution >= 0.6 is 15.9 Å². The third-order valence-electron chi connectivity index (χ3n) is 3.99. The van der Waals surface area contributed by atoms with Gasteiger partial charge < -0.3 is 15.5 Å². The summed E-state index contributed by atoms with van der Waals surface area (Å²) in [5, 5.41) is 4.88. The summed E-state index contributed by atoms with van der Waals surface area (Å²) in [5.74, 6) is -1.99. The minimum absolute atomic E-state index is 0.234. The Morgan fingerprint density at radius 3 is 2.46 bits per heavy atom. The van der Waals surface area contributed by atoms with E-state index in [-0.39, 0.29) is 18.4 Å². The first kappa shape index (κ1) is 20.0. The molecule has 2 N–H and O–H groups in total. The number of carbonyl (C=O) groups is 4. The maximum atomic E-state index is 12.3. The van der Waals surface area contributed by atoms with Crippen LogP contribution < -0.4 is 10.6 Å². The SMILES string of the molecule is O=C(CF)CNC(=O)C1CCCN1C(=O)CNC(=O)c1ccc(Br)cc1. The summed E-state index contributed by atoms with van der Waals surface area (Å²) >= 11 is 3.28. The number of halogens is 2. The first-order chi connectivity index (χ1) is 12.4. The lowest BCUT2D eigenvalue weighted by Crippen LogP contribution is -2.49. The van der Waals surface area contributed by atoms with E-state index in [2.05, 4.69) is 26.6 Å². The number of carbonyl (C=O) groups excluding carboxylic acids is 4. The number of rotatable bonds is 7. The molecule has 1 fully saturated rings. The summed E-state index contributed by atoms with van der Waals surface area (Å²) in [6.45, 7) is -1.38. The molecule has 1 aromatic rings. The number of benzene rings is 1. The van der Waals surface area contributed by atoms with Gasteiger partial charge >= 0.3 is 0 Å². The van der Waals surface area contributed by atoms with Crippen LogP contribution in [0.1, 0.15) is 23.2 Å². The van der Waals surface area contributed by atoms with Gasteiger partial charge in [0, 0.05) is 16.6 Å². The molecule has 0 bridgehead atoms. The number of Topliss-reactive ketones (excluding diaryl/α,β-unsaturated/α-hetero) is 1. The monoisotopic (exact) mass is 427 g/mol. The van der Waals surface area contributed by atoms with E-state index in [0.717, 1.165) is 4.47 Å². The van der Waals surface area contributed by atoms with Crippen molar-refractivity contribution in [3.63, 3.8) is 0 Å². The highest BCUT2D eigenvalue weighted by Gasteiger charge is 2.34. The van der Waals surface area contributed by atoms with Crippen molar-refractivity contribution < 1.29 is 23.6 Å². The first-order valence-corrected chi connectivity index (χ1v) is 8.90. The second kappa shape index (κ2) is 9.42. The van der Waals surface area contributed by atoms with Crippen LogP contribution in [0, 0.1) is 0 Å². The van der Waals surface area contributed by atoms with Crippen molar-refractivity contribution in [1.29, 1.82) is 0 Å². The van der Waals surface area contributed by atoms with Crippen LogP contribution in [-0.4, -0.2) is 60.8 Å². The Bertz CT molecular complexity index is 696. The molecular formula is C17H19BrFN3O4. The minimum Gasteiger partial charge on any atom is -0.347 e. The Hall–Kier alpha value is -2.29. The van der Waals surface area contributed by atoms with Crippen molar-refractivity contribution in [1.82, 2.24) is 15.5 Å². The zero-order chi connectivity index (χ0) is 19.1. The van der Waals surface area contributed by atoms with Crippen LogP contribution in [0.3, 0.4) is 0 Å². The van der Waals surface area contributed by atoms with Crippen LogP contribution in [-0.2, 0) is 14.4 Å². The number of nitrogens with zero attached hydrogens (tertiary/aromatic N) is 1. The van der Waals surface area contributed by atoms with Crippen LogP contribution in [0.4, 0.5) is 4.39 Å². The van der Waals surface area contributed by atoms with E-state index in [1.54, 1.807) is 24.3 Å². The summed E-state index contributed by atoms with van der Waals surface area (Å²) < 4.78 is 13.0. The number of nitrogens with one attached hydrogen (secondary N) is 2. The molecule has 1 unspecified atom stereocenters. The van der Waals surface area contributed by atoms with Gasteiger partial charge in [0.1, 0.15) is 12.7 Å². The van der Waals surface area contributed by atoms with Gasteiger partial charge in [-0.25, -0.2) is 4.39 Å². The van der Waals surface area contributed by atoms with E-state index >= 15 is 0 Å². The maximum absolute atomic E-state index is 12.3. The average molecular weight is 428 g/mol. The van der Waals surface area contributed by atoms with Crippen molar-refractivity contribution >= 4 is 39.4 Å². The third kappa shape index (κ3) is 5.35. The molecule has 1 aliphatic rings. The molecule has 9 heteroatoms. The highest BCUT2D eigenvalue weighted by atomic mass is 79.9. The Labute approximate surface area is 158 Å². The van der Waals surface area contributed by atoms with Crippen molar-refractivity contribution in [2.75, 3.05) is 26.3 Å². The summed E-state index contributed by atoms with van der Waals surface area (Å²) in [7, 11) is 0. The Balaban J connectivity index is 1.87. The molecule has 1 heterocycles. The topological polar surface area (TPSA) is 95.6 Å². The summed E-state index contributed by atoms with van der Waals surface area (Å²) in [5.41, 5.74) is 0.418. The summed E-state index contributed by atoms with van der Waals surface area (Å²) in [6, 6.07) is 5.97. The first-order valence-electron chi connectivity index (χ1n) is 8.11. The standard InChI is InChI=1S/C17H19BrFN3O4/c18-12-5-3-11(4-6-12)16(25)21-10-15(24)22-7-1-2-14(22)17(26)20-9-13(23)8-19/h3-6,14H,1-2,7-10H2,(H,20,26)(H,21,25). The molecule has 0 radical (unpaired) electrons. The molecule has 140 valence electrons. The molecule has 1 aromatic carbocycles. The van der Waals surface area contributed by atoms with Crippen LogP contribution in [0.2, 0.25) is 0 Å². The number of likely N-dealkylation sites (tertiary alicyclic amines) is 1. The van der Waals surface area contributed by atoms with E-state index in [1.807, 2.05) is 0 Å². The Morgan fingerprint density at radius 2 is 1.81 bits per heavy atom. The van der Waals surface area contributed by atoms with Gasteiger partial charge in [0.25, 0.3) is 5.91 Å². The molecule has 0 aliphatic carbocycles. The molecule has 1 saturated heterocycles. The molecule has 7 nitrogen and oxygen atoms in total. The number of hydrogen-bond acceptors (Lipinski definition) is 4. The smallest absolute Gasteiger partial charge is 0.251 e. The van der Waals surface area contributed by atoms with E-state index < -0.39 is 31.0 Å². The zero-order valence-electron chi connectivity index (χ0n) is 14.0. The lowest BCUT2D eigenvalue weighted by molar-refractivity contribution is -0.138. The highest BCUT2D eigenvalue weighted by Crippen LogP contribution is 2.17. The second-order valence-electron chi connectivity index (χ2n) is 5.82. The van der Waals surface area contributed by atoms with Gasteiger partial charge in [-0.2, -0.15) is 0 Å². The van der Waals surface area contributed by atoms with Gasteiger partial charge in [0.05, 0.1) is 13.1 Å². The lowest BCUT2D eigenvalue weighted by Gasteiger charge is -2.24. The molecule has 1 atom stereocenters. The predicted octanol–water partition coefficient (Wildman–Crippen LogP) is 0.825. The maximum Gasteiger partial charge on any atom is 0.251 e. The van der Waals surface area contributed by atoms with Gasteiger partial charge in [-0.05, 0) is 37.1 Å². The van der Waals surface area contributed by atoms with Crippen molar-refractivity contribution in [3.8, 4) is 0 Å². The fraction of sp³-hybridized carbons (Fsp3) is 0.412. The fourth-order valence-corrected chi connectivity index (χ4v) is 2.91. The number of ketones is 1. The van der Waals surface area contributed by atoms with Crippen LogP contribution in [0.25, 0.3) is 0 Å². The van der Waals surface area contributed by atoms with Gasteiger partial charge in [-0.1, -0.05) is 15.9 Å². The van der Waals surface area contributed by atoms with Crippen LogP contribution in [0.5, 0.6) is 0 Å². The number of amides is 3. The van der Waals surface area contributed by atoms with E-state index in [9.17, 15) is 23.6 Å². The van der Waals surface area contributed by atoms with Gasteiger partial charge in [0.15, 0.2) is 5.78 Å². The third-order valence-corrected chi connectivity index (χ3v) is 4.52. The molecule has 0 spiro atoms. The van der Waals surface area contributed by atoms with E-state index in [1.165, 1.54) is 4.90 Å². The number of hydrogen-bond donors (Lipinski definition) is 2. The van der Waals surface area contributed by atoms with Crippen molar-refractivity contribution in [2.24, 2.45) is 0 Å². The second-order valence-corrected chi connectivity index (χ2v) is 6.74.